The summed E-state index contributed by atoms with van der Waals surface area (Å²) >= 11 is 0. The molecule has 238 valence electrons. The van der Waals surface area contributed by atoms with E-state index in [0.717, 1.165) is 56.9 Å². The van der Waals surface area contributed by atoms with Crippen LogP contribution in [0.5, 0.6) is 23.0 Å². The van der Waals surface area contributed by atoms with E-state index in [1.54, 1.807) is 35.8 Å². The van der Waals surface area contributed by atoms with Crippen LogP contribution in [0.1, 0.15) is 25.0 Å². The zero-order valence-corrected chi connectivity index (χ0v) is 27.9. The summed E-state index contributed by atoms with van der Waals surface area (Å²) in [6, 6.07) is 28.3. The second kappa shape index (κ2) is 15.1. The van der Waals surface area contributed by atoms with E-state index in [-0.39, 0.29) is 12.2 Å². The Labute approximate surface area is 277 Å². The molecule has 0 aromatic heterocycles. The van der Waals surface area contributed by atoms with Crippen molar-refractivity contribution in [3.8, 4) is 23.0 Å². The van der Waals surface area contributed by atoms with Crippen LogP contribution in [0.3, 0.4) is 0 Å². The van der Waals surface area contributed by atoms with E-state index in [9.17, 15) is 0 Å². The molecule has 0 N–H and O–H groups in total. The third-order valence-corrected chi connectivity index (χ3v) is 9.74. The van der Waals surface area contributed by atoms with Gasteiger partial charge in [0.15, 0.2) is 23.0 Å². The quantitative estimate of drug-likeness (QED) is 0.0717. The van der Waals surface area contributed by atoms with Crippen LogP contribution in [0.4, 0.5) is 11.4 Å². The first-order valence-corrected chi connectivity index (χ1v) is 17.1. The highest BCUT2D eigenvalue weighted by atomic mass is 33.1. The Morgan fingerprint density at radius 1 is 0.609 bits per heavy atom. The zero-order chi connectivity index (χ0) is 31.9. The summed E-state index contributed by atoms with van der Waals surface area (Å²) < 4.78 is 33.2. The summed E-state index contributed by atoms with van der Waals surface area (Å²) in [5.41, 5.74) is 5.53. The van der Waals surface area contributed by atoms with E-state index in [1.807, 2.05) is 74.5 Å². The van der Waals surface area contributed by atoms with Crippen LogP contribution in [0, 0.1) is 0 Å². The smallest absolute Gasteiger partial charge is 0.161 e. The molecular formula is C36H36N2O6S2. The molecule has 2 unspecified atom stereocenters. The van der Waals surface area contributed by atoms with E-state index in [0.29, 0.717) is 36.2 Å². The molecule has 0 aliphatic carbocycles. The molecule has 4 aromatic rings. The minimum absolute atomic E-state index is 0.191. The number of hydrogen-bond acceptors (Lipinski definition) is 10. The van der Waals surface area contributed by atoms with Gasteiger partial charge in [0.1, 0.15) is 25.4 Å². The topological polar surface area (TPSA) is 86.7 Å². The summed E-state index contributed by atoms with van der Waals surface area (Å²) in [5, 5.41) is 0. The molecule has 0 bridgehead atoms. The molecule has 0 radical (unpaired) electrons. The van der Waals surface area contributed by atoms with Crippen molar-refractivity contribution in [3.63, 3.8) is 0 Å². The van der Waals surface area contributed by atoms with E-state index in [2.05, 4.69) is 24.3 Å². The maximum Gasteiger partial charge on any atom is 0.161 e. The summed E-state index contributed by atoms with van der Waals surface area (Å²) in [6.07, 6.45) is 0.383. The van der Waals surface area contributed by atoms with E-state index in [1.165, 1.54) is 0 Å². The van der Waals surface area contributed by atoms with E-state index >= 15 is 0 Å². The van der Waals surface area contributed by atoms with Crippen LogP contribution >= 0.6 is 21.6 Å². The fraction of sp³-hybridized carbons (Fsp3) is 0.278. The van der Waals surface area contributed by atoms with Crippen LogP contribution in [-0.2, 0) is 9.47 Å². The first kappa shape index (κ1) is 32.0. The monoisotopic (exact) mass is 656 g/mol. The highest BCUT2D eigenvalue weighted by Crippen LogP contribution is 2.39. The Bertz CT molecular complexity index is 1570. The molecule has 2 saturated heterocycles. The van der Waals surface area contributed by atoms with Crippen molar-refractivity contribution in [2.75, 3.05) is 40.6 Å². The predicted octanol–water partition coefficient (Wildman–Crippen LogP) is 8.34. The zero-order valence-electron chi connectivity index (χ0n) is 26.2. The molecule has 0 amide bonds. The molecule has 2 atom stereocenters. The third kappa shape index (κ3) is 8.85. The normalized spacial score (nSPS) is 17.4. The van der Waals surface area contributed by atoms with Crippen LogP contribution in [0.2, 0.25) is 0 Å². The fourth-order valence-electron chi connectivity index (χ4n) is 4.48. The minimum Gasteiger partial charge on any atom is -0.493 e. The highest BCUT2D eigenvalue weighted by Gasteiger charge is 2.24. The van der Waals surface area contributed by atoms with Gasteiger partial charge in [0.2, 0.25) is 0 Å². The van der Waals surface area contributed by atoms with Gasteiger partial charge in [-0.15, -0.1) is 0 Å². The lowest BCUT2D eigenvalue weighted by molar-refractivity contribution is 0.252. The second-order valence-corrected chi connectivity index (χ2v) is 13.1. The molecule has 2 aliphatic heterocycles. The van der Waals surface area contributed by atoms with Crippen molar-refractivity contribution in [2.24, 2.45) is 9.98 Å². The van der Waals surface area contributed by atoms with Crippen LogP contribution in [-0.4, -0.2) is 64.3 Å². The average Bonchev–Trinajstić information content (AvgIpc) is 4.03. The number of rotatable bonds is 15. The maximum absolute atomic E-state index is 5.82. The predicted molar refractivity (Wildman–Crippen MR) is 185 cm³/mol. The number of benzene rings is 4. The van der Waals surface area contributed by atoms with Crippen molar-refractivity contribution in [1.82, 2.24) is 0 Å². The van der Waals surface area contributed by atoms with Crippen molar-refractivity contribution in [1.29, 1.82) is 0 Å². The second-order valence-electron chi connectivity index (χ2n) is 10.8. The van der Waals surface area contributed by atoms with E-state index < -0.39 is 0 Å². The lowest BCUT2D eigenvalue weighted by Crippen LogP contribution is -2.06. The molecule has 6 rings (SSSR count). The van der Waals surface area contributed by atoms with Gasteiger partial charge in [-0.25, -0.2) is 0 Å². The van der Waals surface area contributed by atoms with Gasteiger partial charge in [0, 0.05) is 21.2 Å². The number of nitrogens with zero attached hydrogens (tertiary/aromatic N) is 2. The lowest BCUT2D eigenvalue weighted by Gasteiger charge is -2.11. The van der Waals surface area contributed by atoms with Gasteiger partial charge < -0.3 is 28.4 Å². The van der Waals surface area contributed by atoms with Crippen molar-refractivity contribution >= 4 is 44.4 Å². The third-order valence-electron chi connectivity index (χ3n) is 7.32. The van der Waals surface area contributed by atoms with Gasteiger partial charge in [-0.2, -0.15) is 0 Å². The molecular weight excluding hydrogens is 621 g/mol. The molecule has 8 nitrogen and oxygen atoms in total. The molecule has 2 fully saturated rings. The molecule has 46 heavy (non-hydrogen) atoms. The Balaban J connectivity index is 1.02. The van der Waals surface area contributed by atoms with Crippen LogP contribution < -0.4 is 18.9 Å². The molecule has 4 aromatic carbocycles. The van der Waals surface area contributed by atoms with Crippen LogP contribution in [0.25, 0.3) is 0 Å². The standard InChI is InChI=1S/C36H36N2O6S2/c1-23(25-5-15-33(35(17-25)39-3)43-21-29-19-41-29)37-27-7-11-31(12-8-27)45-46-32-13-9-28(10-14-32)38-24(2)26-6-16-34(36(18-26)40-4)44-22-30-20-42-30/h5-18,29-30H,19-22H2,1-4H3. The Hall–Kier alpha value is -3.96. The van der Waals surface area contributed by atoms with Gasteiger partial charge in [0.25, 0.3) is 0 Å². The number of ether oxygens (including phenoxy) is 6. The van der Waals surface area contributed by atoms with Crippen molar-refractivity contribution in [3.05, 3.63) is 96.1 Å². The van der Waals surface area contributed by atoms with Gasteiger partial charge >= 0.3 is 0 Å². The first-order chi connectivity index (χ1) is 22.5. The number of methoxy groups -OCH3 is 2. The molecule has 0 spiro atoms. The number of aliphatic imine (C=N–C) groups is 2. The number of hydrogen-bond donors (Lipinski definition) is 0. The summed E-state index contributed by atoms with van der Waals surface area (Å²) in [5.74, 6) is 2.78. The van der Waals surface area contributed by atoms with Gasteiger partial charge in [0.05, 0.1) is 38.8 Å². The van der Waals surface area contributed by atoms with Crippen molar-refractivity contribution in [2.45, 2.75) is 35.8 Å². The van der Waals surface area contributed by atoms with Crippen molar-refractivity contribution < 1.29 is 28.4 Å². The lowest BCUT2D eigenvalue weighted by atomic mass is 10.1. The highest BCUT2D eigenvalue weighted by molar-refractivity contribution is 8.76. The van der Waals surface area contributed by atoms with E-state index in [4.69, 9.17) is 38.4 Å². The first-order valence-electron chi connectivity index (χ1n) is 15.0. The minimum atomic E-state index is 0.191. The Morgan fingerprint density at radius 2 is 1.00 bits per heavy atom. The maximum atomic E-state index is 5.82. The summed E-state index contributed by atoms with van der Waals surface area (Å²) in [6.45, 7) is 6.57. The Morgan fingerprint density at radius 3 is 1.35 bits per heavy atom. The van der Waals surface area contributed by atoms with Gasteiger partial charge in [-0.3, -0.25) is 9.98 Å². The van der Waals surface area contributed by atoms with Gasteiger partial charge in [-0.1, -0.05) is 21.6 Å². The molecule has 2 heterocycles. The SMILES string of the molecule is COc1cc(C(C)=Nc2ccc(SSc3ccc(N=C(C)c4ccc(OCC5CO5)c(OC)c4)cc3)cc2)ccc1OCC1CO1. The molecule has 0 saturated carbocycles. The fourth-order valence-corrected chi connectivity index (χ4v) is 6.41. The summed E-state index contributed by atoms with van der Waals surface area (Å²) in [4.78, 5) is 11.9. The average molecular weight is 657 g/mol. The van der Waals surface area contributed by atoms with Crippen LogP contribution in [0.15, 0.2) is 105 Å². The summed E-state index contributed by atoms with van der Waals surface area (Å²) in [7, 11) is 6.70. The number of epoxide rings is 2. The molecule has 10 heteroatoms. The largest absolute Gasteiger partial charge is 0.493 e. The molecule has 2 aliphatic rings. The Kier molecular flexibility index (Phi) is 10.5. The van der Waals surface area contributed by atoms with Gasteiger partial charge in [-0.05, 0) is 110 Å².